The molecule has 0 aromatic carbocycles. The molecule has 0 aliphatic heterocycles. The molecule has 0 bridgehead atoms. The topological polar surface area (TPSA) is 78.2 Å². The highest BCUT2D eigenvalue weighted by Gasteiger charge is 2.06. The number of nitrogens with zero attached hydrogens (tertiary/aromatic N) is 4. The molecular weight excluding hydrogens is 170 g/mol. The maximum absolute atomic E-state index is 11.5. The second kappa shape index (κ2) is 2.67. The van der Waals surface area contributed by atoms with Gasteiger partial charge >= 0.3 is 0 Å². The lowest BCUT2D eigenvalue weighted by Gasteiger charge is -1.97. The molecule has 0 atom stereocenters. The summed E-state index contributed by atoms with van der Waals surface area (Å²) in [6, 6.07) is 0. The van der Waals surface area contributed by atoms with E-state index in [1.165, 1.54) is 4.57 Å². The summed E-state index contributed by atoms with van der Waals surface area (Å²) < 4.78 is 3.05. The molecule has 0 unspecified atom stereocenters. The molecule has 2 aromatic rings. The smallest absolute Gasteiger partial charge is 0.295 e. The van der Waals surface area contributed by atoms with Gasteiger partial charge in [0.25, 0.3) is 5.56 Å². The minimum Gasteiger partial charge on any atom is -0.324 e. The predicted molar refractivity (Wildman–Crippen MR) is 46.1 cm³/mol. The number of hydrogen-bond acceptors (Lipinski definition) is 4. The Labute approximate surface area is 73.6 Å². The van der Waals surface area contributed by atoms with E-state index in [0.29, 0.717) is 11.5 Å². The predicted octanol–water partition coefficient (Wildman–Crippen LogP) is -1.11. The van der Waals surface area contributed by atoms with E-state index in [1.807, 2.05) is 0 Å². The lowest BCUT2D eigenvalue weighted by molar-refractivity contribution is 0.826. The Kier molecular flexibility index (Phi) is 1.63. The average molecular weight is 179 g/mol. The van der Waals surface area contributed by atoms with Crippen molar-refractivity contribution in [2.75, 3.05) is 0 Å². The minimum atomic E-state index is -0.172. The van der Waals surface area contributed by atoms with Crippen molar-refractivity contribution in [3.8, 4) is 0 Å². The first-order valence-electron chi connectivity index (χ1n) is 3.83. The number of rotatable bonds is 1. The number of hydrogen-bond donors (Lipinski definition) is 1. The van der Waals surface area contributed by atoms with E-state index in [2.05, 4.69) is 10.2 Å². The monoisotopic (exact) mass is 179 g/mol. The summed E-state index contributed by atoms with van der Waals surface area (Å²) >= 11 is 0. The lowest BCUT2D eigenvalue weighted by Crippen LogP contribution is -2.19. The second-order valence-electron chi connectivity index (χ2n) is 2.73. The summed E-state index contributed by atoms with van der Waals surface area (Å²) in [5.74, 6) is 0.590. The molecule has 2 N–H and O–H groups in total. The van der Waals surface area contributed by atoms with Crippen molar-refractivity contribution in [3.05, 3.63) is 28.6 Å². The molecule has 0 aliphatic rings. The molecular formula is C7H9N5O. The van der Waals surface area contributed by atoms with Gasteiger partial charge in [0.15, 0.2) is 5.82 Å². The van der Waals surface area contributed by atoms with Crippen molar-refractivity contribution >= 4 is 5.65 Å². The van der Waals surface area contributed by atoms with Crippen LogP contribution in [-0.4, -0.2) is 19.2 Å². The Morgan fingerprint density at radius 1 is 1.46 bits per heavy atom. The van der Waals surface area contributed by atoms with E-state index in [-0.39, 0.29) is 12.1 Å². The molecule has 0 saturated carbocycles. The fourth-order valence-corrected chi connectivity index (χ4v) is 1.16. The highest BCUT2D eigenvalue weighted by molar-refractivity contribution is 5.34. The molecule has 6 nitrogen and oxygen atoms in total. The van der Waals surface area contributed by atoms with Crippen molar-refractivity contribution in [2.24, 2.45) is 12.8 Å². The van der Waals surface area contributed by atoms with Crippen molar-refractivity contribution in [1.82, 2.24) is 19.2 Å². The van der Waals surface area contributed by atoms with E-state index >= 15 is 0 Å². The van der Waals surface area contributed by atoms with E-state index < -0.39 is 0 Å². The Hall–Kier alpha value is -1.69. The van der Waals surface area contributed by atoms with Crippen molar-refractivity contribution in [2.45, 2.75) is 6.54 Å². The van der Waals surface area contributed by atoms with Gasteiger partial charge in [0.1, 0.15) is 0 Å². The first kappa shape index (κ1) is 7.93. The van der Waals surface area contributed by atoms with Crippen LogP contribution in [0.2, 0.25) is 0 Å². The Morgan fingerprint density at radius 2 is 2.23 bits per heavy atom. The van der Waals surface area contributed by atoms with E-state index in [4.69, 9.17) is 5.73 Å². The van der Waals surface area contributed by atoms with Crippen LogP contribution in [0.4, 0.5) is 0 Å². The normalized spacial score (nSPS) is 10.9. The molecule has 2 rings (SSSR count). The molecule has 0 fully saturated rings. The number of aryl methyl sites for hydroxylation is 1. The quantitative estimate of drug-likeness (QED) is 0.602. The number of nitrogens with two attached hydrogens (primary N) is 1. The summed E-state index contributed by atoms with van der Waals surface area (Å²) in [6.07, 6.45) is 3.37. The average Bonchev–Trinajstić information content (AvgIpc) is 2.55. The summed E-state index contributed by atoms with van der Waals surface area (Å²) in [5, 5.41) is 7.54. The van der Waals surface area contributed by atoms with Gasteiger partial charge in [-0.15, -0.1) is 10.2 Å². The maximum atomic E-state index is 11.5. The third-order valence-electron chi connectivity index (χ3n) is 1.90. The van der Waals surface area contributed by atoms with Crippen molar-refractivity contribution in [1.29, 1.82) is 0 Å². The SMILES string of the molecule is Cn1ccn2c(CN)nnc2c1=O. The van der Waals surface area contributed by atoms with Crippen LogP contribution in [-0.2, 0) is 13.6 Å². The lowest BCUT2D eigenvalue weighted by atomic mass is 10.5. The fourth-order valence-electron chi connectivity index (χ4n) is 1.16. The second-order valence-corrected chi connectivity index (χ2v) is 2.73. The highest BCUT2D eigenvalue weighted by Crippen LogP contribution is 1.96. The molecule has 2 aromatic heterocycles. The maximum Gasteiger partial charge on any atom is 0.295 e. The van der Waals surface area contributed by atoms with Crippen LogP contribution in [0.25, 0.3) is 5.65 Å². The molecule has 6 heteroatoms. The summed E-state index contributed by atoms with van der Waals surface area (Å²) in [6.45, 7) is 0.272. The first-order valence-corrected chi connectivity index (χ1v) is 3.83. The molecule has 0 amide bonds. The Balaban J connectivity index is 2.89. The summed E-state index contributed by atoms with van der Waals surface area (Å²) in [7, 11) is 1.67. The van der Waals surface area contributed by atoms with Crippen LogP contribution in [0.15, 0.2) is 17.2 Å². The standard InChI is InChI=1S/C7H9N5O/c1-11-2-3-12-5(4-8)9-10-6(12)7(11)13/h2-3H,4,8H2,1H3. The van der Waals surface area contributed by atoms with Gasteiger partial charge in [-0.2, -0.15) is 0 Å². The molecule has 0 spiro atoms. The van der Waals surface area contributed by atoms with Crippen molar-refractivity contribution in [3.63, 3.8) is 0 Å². The summed E-state index contributed by atoms with van der Waals surface area (Å²) in [5.41, 5.74) is 5.56. The minimum absolute atomic E-state index is 0.172. The molecule has 0 saturated heterocycles. The molecule has 0 aliphatic carbocycles. The van der Waals surface area contributed by atoms with Gasteiger partial charge in [-0.05, 0) is 0 Å². The molecule has 13 heavy (non-hydrogen) atoms. The van der Waals surface area contributed by atoms with E-state index in [9.17, 15) is 4.79 Å². The number of aromatic nitrogens is 4. The van der Waals surface area contributed by atoms with E-state index in [1.54, 1.807) is 23.8 Å². The number of fused-ring (bicyclic) bond motifs is 1. The third kappa shape index (κ3) is 1.03. The van der Waals surface area contributed by atoms with Gasteiger partial charge in [-0.25, -0.2) is 0 Å². The third-order valence-corrected chi connectivity index (χ3v) is 1.90. The van der Waals surface area contributed by atoms with Gasteiger partial charge in [0.05, 0.1) is 6.54 Å². The zero-order chi connectivity index (χ0) is 9.42. The van der Waals surface area contributed by atoms with Crippen LogP contribution < -0.4 is 11.3 Å². The van der Waals surface area contributed by atoms with Gasteiger partial charge in [0, 0.05) is 19.4 Å². The fraction of sp³-hybridized carbons (Fsp3) is 0.286. The Morgan fingerprint density at radius 3 is 2.92 bits per heavy atom. The van der Waals surface area contributed by atoms with Crippen LogP contribution >= 0.6 is 0 Å². The van der Waals surface area contributed by atoms with Crippen LogP contribution in [0.1, 0.15) is 5.82 Å². The van der Waals surface area contributed by atoms with E-state index in [0.717, 1.165) is 0 Å². The van der Waals surface area contributed by atoms with Crippen LogP contribution in [0.3, 0.4) is 0 Å². The van der Waals surface area contributed by atoms with Gasteiger partial charge in [-0.3, -0.25) is 9.20 Å². The first-order chi connectivity index (χ1) is 6.24. The Bertz CT molecular complexity index is 497. The molecule has 2 heterocycles. The van der Waals surface area contributed by atoms with Crippen molar-refractivity contribution < 1.29 is 0 Å². The van der Waals surface area contributed by atoms with Crippen LogP contribution in [0, 0.1) is 0 Å². The zero-order valence-corrected chi connectivity index (χ0v) is 7.14. The molecule has 68 valence electrons. The largest absolute Gasteiger partial charge is 0.324 e. The van der Waals surface area contributed by atoms with Crippen LogP contribution in [0.5, 0.6) is 0 Å². The van der Waals surface area contributed by atoms with Gasteiger partial charge < -0.3 is 10.3 Å². The zero-order valence-electron chi connectivity index (χ0n) is 7.14. The summed E-state index contributed by atoms with van der Waals surface area (Å²) in [4.78, 5) is 11.5. The highest BCUT2D eigenvalue weighted by atomic mass is 16.1. The van der Waals surface area contributed by atoms with Gasteiger partial charge in [-0.1, -0.05) is 0 Å². The molecule has 0 radical (unpaired) electrons. The van der Waals surface area contributed by atoms with Gasteiger partial charge in [0.2, 0.25) is 5.65 Å².